The zero-order valence-corrected chi connectivity index (χ0v) is 25.7. The molecule has 0 heterocycles. The lowest BCUT2D eigenvalue weighted by Crippen LogP contribution is -2.53. The molecule has 222 valence electrons. The molecule has 0 radical (unpaired) electrons. The second-order valence-electron chi connectivity index (χ2n) is 14.6. The van der Waals surface area contributed by atoms with E-state index in [2.05, 4.69) is 33.8 Å². The first-order chi connectivity index (χ1) is 18.9. The standard InChI is InChI=1S/C35H58O4/c1-5-36-34(18-9-7-10-19-34)38-27-13-14-28-26(24-27)23-25(3)32-29(28)17-22-33(4)30(32)15-16-31(33)39-35(37-6-2)20-11-8-12-21-35/h24-25,27-32H,5-23H2,1-4H3/t25-,27-,28+,29-,30+,31+,32-,33+/m1/s1. The summed E-state index contributed by atoms with van der Waals surface area (Å²) in [6.45, 7) is 11.0. The third-order valence-electron chi connectivity index (χ3n) is 12.4. The van der Waals surface area contributed by atoms with Gasteiger partial charge in [0.2, 0.25) is 0 Å². The van der Waals surface area contributed by atoms with Crippen LogP contribution in [0.1, 0.15) is 137 Å². The largest absolute Gasteiger partial charge is 0.350 e. The van der Waals surface area contributed by atoms with Crippen LogP contribution in [-0.4, -0.2) is 37.0 Å². The lowest BCUT2D eigenvalue weighted by atomic mass is 9.49. The highest BCUT2D eigenvalue weighted by Crippen LogP contribution is 2.64. The summed E-state index contributed by atoms with van der Waals surface area (Å²) >= 11 is 0. The minimum atomic E-state index is -0.326. The van der Waals surface area contributed by atoms with Gasteiger partial charge in [0, 0.05) is 38.9 Å². The third-order valence-corrected chi connectivity index (χ3v) is 12.4. The van der Waals surface area contributed by atoms with E-state index < -0.39 is 0 Å². The second-order valence-corrected chi connectivity index (χ2v) is 14.6. The molecule has 0 N–H and O–H groups in total. The first-order valence-corrected chi connectivity index (χ1v) is 17.2. The van der Waals surface area contributed by atoms with Crippen LogP contribution in [0.15, 0.2) is 11.6 Å². The number of hydrogen-bond donors (Lipinski definition) is 0. The van der Waals surface area contributed by atoms with Crippen molar-refractivity contribution in [3.8, 4) is 0 Å². The van der Waals surface area contributed by atoms with Gasteiger partial charge in [0.25, 0.3) is 0 Å². The summed E-state index contributed by atoms with van der Waals surface area (Å²) in [5, 5.41) is 0. The maximum atomic E-state index is 7.13. The van der Waals surface area contributed by atoms with Crippen LogP contribution < -0.4 is 0 Å². The van der Waals surface area contributed by atoms with E-state index >= 15 is 0 Å². The van der Waals surface area contributed by atoms with E-state index in [9.17, 15) is 0 Å². The Labute approximate surface area is 239 Å². The van der Waals surface area contributed by atoms with Gasteiger partial charge in [-0.2, -0.15) is 0 Å². The average molecular weight is 543 g/mol. The van der Waals surface area contributed by atoms with Gasteiger partial charge in [-0.1, -0.05) is 38.3 Å². The van der Waals surface area contributed by atoms with Crippen LogP contribution in [0.4, 0.5) is 0 Å². The van der Waals surface area contributed by atoms with E-state index in [4.69, 9.17) is 18.9 Å². The molecular formula is C35H58O4. The fraction of sp³-hybridized carbons (Fsp3) is 0.943. The molecule has 0 spiro atoms. The molecule has 0 aromatic heterocycles. The SMILES string of the molecule is CCOC1(O[C@H]2CC[C@H]3[C@H]4[C@H](CC[C@]23C)[C@H]2CC[C@@H](OC3(OCC)CCCCC3)C=C2C[C@H]4C)CCCCC1. The van der Waals surface area contributed by atoms with Gasteiger partial charge in [0.1, 0.15) is 0 Å². The molecular weight excluding hydrogens is 484 g/mol. The average Bonchev–Trinajstić information content (AvgIpc) is 3.25. The zero-order chi connectivity index (χ0) is 27.1. The van der Waals surface area contributed by atoms with Gasteiger partial charge < -0.3 is 18.9 Å². The van der Waals surface area contributed by atoms with Gasteiger partial charge in [-0.3, -0.25) is 0 Å². The molecule has 4 heteroatoms. The van der Waals surface area contributed by atoms with Gasteiger partial charge >= 0.3 is 0 Å². The Morgan fingerprint density at radius 1 is 0.744 bits per heavy atom. The number of ether oxygens (including phenoxy) is 4. The maximum Gasteiger partial charge on any atom is 0.169 e. The van der Waals surface area contributed by atoms with Gasteiger partial charge in [0.15, 0.2) is 11.6 Å². The van der Waals surface area contributed by atoms with E-state index in [1.165, 1.54) is 83.5 Å². The lowest BCUT2D eigenvalue weighted by Gasteiger charge is -2.57. The summed E-state index contributed by atoms with van der Waals surface area (Å²) in [6.07, 6.45) is 24.2. The molecule has 6 aliphatic rings. The summed E-state index contributed by atoms with van der Waals surface area (Å²) in [5.74, 6) is 3.40. The Hall–Kier alpha value is -0.420. The molecule has 5 fully saturated rings. The minimum Gasteiger partial charge on any atom is -0.350 e. The smallest absolute Gasteiger partial charge is 0.169 e. The van der Waals surface area contributed by atoms with Crippen LogP contribution in [0, 0.1) is 35.0 Å². The first kappa shape index (κ1) is 28.7. The van der Waals surface area contributed by atoms with Gasteiger partial charge in [-0.05, 0) is 119 Å². The van der Waals surface area contributed by atoms with Crippen molar-refractivity contribution >= 4 is 0 Å². The van der Waals surface area contributed by atoms with Crippen molar-refractivity contribution in [3.63, 3.8) is 0 Å². The highest BCUT2D eigenvalue weighted by Gasteiger charge is 2.59. The van der Waals surface area contributed by atoms with Crippen LogP contribution in [0.25, 0.3) is 0 Å². The fourth-order valence-corrected chi connectivity index (χ4v) is 10.8. The zero-order valence-electron chi connectivity index (χ0n) is 25.7. The highest BCUT2D eigenvalue weighted by atomic mass is 16.7. The van der Waals surface area contributed by atoms with Crippen LogP contribution >= 0.6 is 0 Å². The van der Waals surface area contributed by atoms with E-state index in [1.807, 2.05) is 0 Å². The van der Waals surface area contributed by atoms with Gasteiger partial charge in [-0.25, -0.2) is 0 Å². The monoisotopic (exact) mass is 542 g/mol. The topological polar surface area (TPSA) is 36.9 Å². The molecule has 0 saturated heterocycles. The van der Waals surface area contributed by atoms with Crippen LogP contribution in [0.2, 0.25) is 0 Å². The van der Waals surface area contributed by atoms with Crippen LogP contribution in [-0.2, 0) is 18.9 Å². The molecule has 6 aliphatic carbocycles. The van der Waals surface area contributed by atoms with E-state index in [-0.39, 0.29) is 17.7 Å². The minimum absolute atomic E-state index is 0.244. The molecule has 0 bridgehead atoms. The number of allylic oxidation sites excluding steroid dienone is 1. The number of fused-ring (bicyclic) bond motifs is 5. The highest BCUT2D eigenvalue weighted by molar-refractivity contribution is 5.22. The van der Waals surface area contributed by atoms with Crippen molar-refractivity contribution in [2.24, 2.45) is 35.0 Å². The molecule has 39 heavy (non-hydrogen) atoms. The van der Waals surface area contributed by atoms with Gasteiger partial charge in [-0.15, -0.1) is 0 Å². The Morgan fingerprint density at radius 2 is 1.38 bits per heavy atom. The number of hydrogen-bond acceptors (Lipinski definition) is 4. The van der Waals surface area contributed by atoms with Crippen molar-refractivity contribution in [1.29, 1.82) is 0 Å². The molecule has 8 atom stereocenters. The van der Waals surface area contributed by atoms with E-state index in [0.29, 0.717) is 11.5 Å². The molecule has 0 aromatic rings. The molecule has 4 nitrogen and oxygen atoms in total. The van der Waals surface area contributed by atoms with Crippen molar-refractivity contribution in [2.75, 3.05) is 13.2 Å². The Bertz CT molecular complexity index is 844. The second kappa shape index (κ2) is 11.7. The van der Waals surface area contributed by atoms with Crippen LogP contribution in [0.3, 0.4) is 0 Å². The predicted molar refractivity (Wildman–Crippen MR) is 156 cm³/mol. The van der Waals surface area contributed by atoms with E-state index in [1.54, 1.807) is 5.57 Å². The fourth-order valence-electron chi connectivity index (χ4n) is 10.8. The normalized spacial score (nSPS) is 43.2. The summed E-state index contributed by atoms with van der Waals surface area (Å²) < 4.78 is 26.7. The lowest BCUT2D eigenvalue weighted by molar-refractivity contribution is -0.289. The molecule has 0 amide bonds. The summed E-state index contributed by atoms with van der Waals surface area (Å²) in [5.41, 5.74) is 2.04. The molecule has 0 unspecified atom stereocenters. The Morgan fingerprint density at radius 3 is 2.03 bits per heavy atom. The molecule has 5 saturated carbocycles. The first-order valence-electron chi connectivity index (χ1n) is 17.2. The van der Waals surface area contributed by atoms with Crippen LogP contribution in [0.5, 0.6) is 0 Å². The predicted octanol–water partition coefficient (Wildman–Crippen LogP) is 8.97. The quantitative estimate of drug-likeness (QED) is 0.227. The molecule has 0 aliphatic heterocycles. The summed E-state index contributed by atoms with van der Waals surface area (Å²) in [4.78, 5) is 0. The Kier molecular flexibility index (Phi) is 8.60. The summed E-state index contributed by atoms with van der Waals surface area (Å²) in [7, 11) is 0. The van der Waals surface area contributed by atoms with Crippen molar-refractivity contribution in [3.05, 3.63) is 11.6 Å². The molecule has 0 aromatic carbocycles. The molecule has 6 rings (SSSR count). The third kappa shape index (κ3) is 5.43. The van der Waals surface area contributed by atoms with Crippen molar-refractivity contribution < 1.29 is 18.9 Å². The maximum absolute atomic E-state index is 7.13. The van der Waals surface area contributed by atoms with Crippen molar-refractivity contribution in [1.82, 2.24) is 0 Å². The van der Waals surface area contributed by atoms with Gasteiger partial charge in [0.05, 0.1) is 12.2 Å². The number of rotatable bonds is 8. The van der Waals surface area contributed by atoms with E-state index in [0.717, 1.165) is 68.5 Å². The van der Waals surface area contributed by atoms with Crippen molar-refractivity contribution in [2.45, 2.75) is 161 Å². The summed E-state index contributed by atoms with van der Waals surface area (Å²) in [6, 6.07) is 0. The Balaban J connectivity index is 1.16.